The Hall–Kier alpha value is -2.95. The van der Waals surface area contributed by atoms with E-state index in [0.717, 1.165) is 24.2 Å². The molecule has 1 amide bonds. The maximum Gasteiger partial charge on any atom is 0.253 e. The molecule has 138 valence electrons. The molecule has 0 spiro atoms. The SMILES string of the molecule is C[C@@H]1C[C@@H](C)CN(C(=O)c2ccc(-c3nnc(-c4ccccc4)o3)cc2)C1. The largest absolute Gasteiger partial charge is 0.416 e. The van der Waals surface area contributed by atoms with E-state index in [0.29, 0.717) is 29.2 Å². The van der Waals surface area contributed by atoms with Crippen LogP contribution in [-0.4, -0.2) is 34.1 Å². The minimum Gasteiger partial charge on any atom is -0.416 e. The van der Waals surface area contributed by atoms with E-state index in [2.05, 4.69) is 24.0 Å². The number of hydrogen-bond donors (Lipinski definition) is 0. The summed E-state index contributed by atoms with van der Waals surface area (Å²) in [7, 11) is 0. The van der Waals surface area contributed by atoms with Gasteiger partial charge in [-0.05, 0) is 54.7 Å². The highest BCUT2D eigenvalue weighted by molar-refractivity contribution is 5.94. The fraction of sp³-hybridized carbons (Fsp3) is 0.318. The molecule has 1 aliphatic rings. The molecule has 2 aromatic carbocycles. The Morgan fingerprint density at radius 2 is 1.44 bits per heavy atom. The highest BCUT2D eigenvalue weighted by Crippen LogP contribution is 2.25. The summed E-state index contributed by atoms with van der Waals surface area (Å²) in [5, 5.41) is 8.25. The molecule has 1 aliphatic heterocycles. The summed E-state index contributed by atoms with van der Waals surface area (Å²) >= 11 is 0. The van der Waals surface area contributed by atoms with E-state index in [-0.39, 0.29) is 5.91 Å². The average Bonchev–Trinajstić information content (AvgIpc) is 3.18. The molecule has 27 heavy (non-hydrogen) atoms. The first kappa shape index (κ1) is 17.5. The van der Waals surface area contributed by atoms with Gasteiger partial charge in [0.2, 0.25) is 11.8 Å². The number of nitrogens with zero attached hydrogens (tertiary/aromatic N) is 3. The molecule has 0 saturated carbocycles. The first-order valence-electron chi connectivity index (χ1n) is 9.39. The first-order valence-corrected chi connectivity index (χ1v) is 9.39. The minimum atomic E-state index is 0.0930. The highest BCUT2D eigenvalue weighted by Gasteiger charge is 2.26. The van der Waals surface area contributed by atoms with E-state index in [9.17, 15) is 4.79 Å². The zero-order valence-electron chi connectivity index (χ0n) is 15.6. The number of carbonyl (C=O) groups excluding carboxylic acids is 1. The van der Waals surface area contributed by atoms with Crippen molar-refractivity contribution >= 4 is 5.91 Å². The van der Waals surface area contributed by atoms with Crippen LogP contribution in [0.15, 0.2) is 59.0 Å². The molecule has 0 N–H and O–H groups in total. The number of piperidine rings is 1. The average molecular weight is 361 g/mol. The van der Waals surface area contributed by atoms with Gasteiger partial charge >= 0.3 is 0 Å². The fourth-order valence-electron chi connectivity index (χ4n) is 3.80. The van der Waals surface area contributed by atoms with Crippen molar-refractivity contribution in [1.82, 2.24) is 15.1 Å². The van der Waals surface area contributed by atoms with Crippen LogP contribution >= 0.6 is 0 Å². The van der Waals surface area contributed by atoms with Crippen LogP contribution in [0.1, 0.15) is 30.6 Å². The maximum absolute atomic E-state index is 12.8. The smallest absolute Gasteiger partial charge is 0.253 e. The monoisotopic (exact) mass is 361 g/mol. The minimum absolute atomic E-state index is 0.0930. The number of carbonyl (C=O) groups is 1. The second-order valence-corrected chi connectivity index (χ2v) is 7.51. The van der Waals surface area contributed by atoms with Crippen molar-refractivity contribution in [3.05, 3.63) is 60.2 Å². The summed E-state index contributed by atoms with van der Waals surface area (Å²) in [5.74, 6) is 2.13. The van der Waals surface area contributed by atoms with Gasteiger partial charge in [0, 0.05) is 29.8 Å². The first-order chi connectivity index (χ1) is 13.1. The number of benzene rings is 2. The van der Waals surface area contributed by atoms with E-state index in [1.807, 2.05) is 59.5 Å². The molecule has 5 heteroatoms. The molecule has 1 aromatic heterocycles. The lowest BCUT2D eigenvalue weighted by molar-refractivity contribution is 0.0623. The Bertz CT molecular complexity index is 908. The van der Waals surface area contributed by atoms with Crippen LogP contribution < -0.4 is 0 Å². The lowest BCUT2D eigenvalue weighted by atomic mass is 9.91. The predicted octanol–water partition coefficient (Wildman–Crippen LogP) is 4.52. The molecule has 2 atom stereocenters. The van der Waals surface area contributed by atoms with E-state index in [4.69, 9.17) is 4.42 Å². The predicted molar refractivity (Wildman–Crippen MR) is 104 cm³/mol. The molecule has 1 saturated heterocycles. The second-order valence-electron chi connectivity index (χ2n) is 7.51. The summed E-state index contributed by atoms with van der Waals surface area (Å²) in [6, 6.07) is 17.1. The molecule has 3 aromatic rings. The Morgan fingerprint density at radius 1 is 0.889 bits per heavy atom. The number of hydrogen-bond acceptors (Lipinski definition) is 4. The van der Waals surface area contributed by atoms with Gasteiger partial charge in [-0.3, -0.25) is 4.79 Å². The van der Waals surface area contributed by atoms with Crippen molar-refractivity contribution in [3.8, 4) is 22.9 Å². The zero-order valence-corrected chi connectivity index (χ0v) is 15.6. The van der Waals surface area contributed by atoms with Gasteiger partial charge in [-0.2, -0.15) is 0 Å². The Morgan fingerprint density at radius 3 is 2.04 bits per heavy atom. The van der Waals surface area contributed by atoms with Gasteiger partial charge in [0.1, 0.15) is 0 Å². The Kier molecular flexibility index (Phi) is 4.75. The molecule has 0 aliphatic carbocycles. The summed E-state index contributed by atoms with van der Waals surface area (Å²) in [6.07, 6.45) is 1.18. The van der Waals surface area contributed by atoms with Crippen LogP contribution in [0.3, 0.4) is 0 Å². The van der Waals surface area contributed by atoms with E-state index < -0.39 is 0 Å². The molecule has 0 unspecified atom stereocenters. The van der Waals surface area contributed by atoms with Crippen LogP contribution in [0, 0.1) is 11.8 Å². The maximum atomic E-state index is 12.8. The normalized spacial score (nSPS) is 19.9. The Labute approximate surface area is 159 Å². The summed E-state index contributed by atoms with van der Waals surface area (Å²) < 4.78 is 5.78. The number of likely N-dealkylation sites (tertiary alicyclic amines) is 1. The summed E-state index contributed by atoms with van der Waals surface area (Å²) in [6.45, 7) is 6.07. The molecule has 2 heterocycles. The zero-order chi connectivity index (χ0) is 18.8. The van der Waals surface area contributed by atoms with E-state index >= 15 is 0 Å². The molecule has 1 fully saturated rings. The van der Waals surface area contributed by atoms with Gasteiger partial charge < -0.3 is 9.32 Å². The third-order valence-corrected chi connectivity index (χ3v) is 4.98. The molecule has 0 radical (unpaired) electrons. The van der Waals surface area contributed by atoms with Crippen molar-refractivity contribution in [1.29, 1.82) is 0 Å². The van der Waals surface area contributed by atoms with Gasteiger partial charge in [0.15, 0.2) is 0 Å². The third-order valence-electron chi connectivity index (χ3n) is 4.98. The summed E-state index contributed by atoms with van der Waals surface area (Å²) in [4.78, 5) is 14.8. The molecular formula is C22H23N3O2. The number of aromatic nitrogens is 2. The van der Waals surface area contributed by atoms with Crippen molar-refractivity contribution in [2.75, 3.05) is 13.1 Å². The van der Waals surface area contributed by atoms with Gasteiger partial charge in [0.25, 0.3) is 5.91 Å². The molecule has 0 bridgehead atoms. The highest BCUT2D eigenvalue weighted by atomic mass is 16.4. The van der Waals surface area contributed by atoms with Crippen molar-refractivity contribution in [2.45, 2.75) is 20.3 Å². The van der Waals surface area contributed by atoms with E-state index in [1.165, 1.54) is 6.42 Å². The topological polar surface area (TPSA) is 59.2 Å². The quantitative estimate of drug-likeness (QED) is 0.688. The van der Waals surface area contributed by atoms with Crippen LogP contribution in [0.5, 0.6) is 0 Å². The lowest BCUT2D eigenvalue weighted by Crippen LogP contribution is -2.42. The van der Waals surface area contributed by atoms with Crippen molar-refractivity contribution in [3.63, 3.8) is 0 Å². The number of amides is 1. The van der Waals surface area contributed by atoms with Gasteiger partial charge in [0.05, 0.1) is 0 Å². The van der Waals surface area contributed by atoms with Crippen molar-refractivity contribution in [2.24, 2.45) is 11.8 Å². The second kappa shape index (κ2) is 7.35. The third kappa shape index (κ3) is 3.77. The van der Waals surface area contributed by atoms with Gasteiger partial charge in [-0.15, -0.1) is 10.2 Å². The standard InChI is InChI=1S/C22H23N3O2/c1-15-12-16(2)14-25(13-15)22(26)19-10-8-18(9-11-19)21-24-23-20(27-21)17-6-4-3-5-7-17/h3-11,15-16H,12-14H2,1-2H3/t15-,16-/m1/s1. The lowest BCUT2D eigenvalue weighted by Gasteiger charge is -2.35. The van der Waals surface area contributed by atoms with Gasteiger partial charge in [-0.25, -0.2) is 0 Å². The van der Waals surface area contributed by atoms with Crippen LogP contribution in [-0.2, 0) is 0 Å². The fourth-order valence-corrected chi connectivity index (χ4v) is 3.80. The van der Waals surface area contributed by atoms with E-state index in [1.54, 1.807) is 0 Å². The van der Waals surface area contributed by atoms with Gasteiger partial charge in [-0.1, -0.05) is 32.0 Å². The summed E-state index contributed by atoms with van der Waals surface area (Å²) in [5.41, 5.74) is 2.39. The number of rotatable bonds is 3. The van der Waals surface area contributed by atoms with Crippen LogP contribution in [0.4, 0.5) is 0 Å². The molecular weight excluding hydrogens is 338 g/mol. The molecule has 4 rings (SSSR count). The van der Waals surface area contributed by atoms with Crippen LogP contribution in [0.25, 0.3) is 22.9 Å². The van der Waals surface area contributed by atoms with Crippen molar-refractivity contribution < 1.29 is 9.21 Å². The molecule has 5 nitrogen and oxygen atoms in total. The van der Waals surface area contributed by atoms with Crippen LogP contribution in [0.2, 0.25) is 0 Å². The Balaban J connectivity index is 1.51.